The molecule has 10 heteroatoms. The van der Waals surface area contributed by atoms with Gasteiger partial charge >= 0.3 is 24.1 Å². The lowest BCUT2D eigenvalue weighted by atomic mass is 9.85. The molecule has 2 aromatic rings. The summed E-state index contributed by atoms with van der Waals surface area (Å²) in [7, 11) is 0. The highest BCUT2D eigenvalue weighted by Crippen LogP contribution is 2.33. The van der Waals surface area contributed by atoms with E-state index in [1.165, 1.54) is 0 Å². The molecule has 56 heavy (non-hydrogen) atoms. The van der Waals surface area contributed by atoms with Crippen LogP contribution in [0.5, 0.6) is 0 Å². The van der Waals surface area contributed by atoms with Crippen molar-refractivity contribution in [3.05, 3.63) is 70.8 Å². The summed E-state index contributed by atoms with van der Waals surface area (Å²) in [5.74, 6) is -1.37. The molecule has 2 fully saturated rings. The van der Waals surface area contributed by atoms with Gasteiger partial charge < -0.3 is 28.7 Å². The normalized spacial score (nSPS) is 19.0. The molecule has 0 radical (unpaired) electrons. The molecule has 4 rings (SSSR count). The molecule has 0 bridgehead atoms. The van der Waals surface area contributed by atoms with E-state index in [4.69, 9.17) is 18.9 Å². The average Bonchev–Trinajstić information content (AvgIpc) is 3.74. The van der Waals surface area contributed by atoms with E-state index in [0.717, 1.165) is 35.1 Å². The van der Waals surface area contributed by atoms with Crippen molar-refractivity contribution in [1.29, 1.82) is 0 Å². The van der Waals surface area contributed by atoms with Gasteiger partial charge in [0, 0.05) is 26.2 Å². The molecule has 2 aliphatic rings. The number of hydrogen-bond donors (Lipinski definition) is 0. The smallest absolute Gasteiger partial charge is 0.410 e. The Labute approximate surface area is 336 Å². The Morgan fingerprint density at radius 3 is 1.18 bits per heavy atom. The lowest BCUT2D eigenvalue weighted by Crippen LogP contribution is -2.38. The van der Waals surface area contributed by atoms with E-state index in [2.05, 4.69) is 36.4 Å². The Hall–Kier alpha value is -4.08. The molecule has 0 N–H and O–H groups in total. The van der Waals surface area contributed by atoms with E-state index < -0.39 is 34.2 Å². The Morgan fingerprint density at radius 1 is 0.536 bits per heavy atom. The largest absolute Gasteiger partial charge is 0.460 e. The van der Waals surface area contributed by atoms with Gasteiger partial charge in [-0.15, -0.1) is 0 Å². The number of carbonyl (C=O) groups excluding carboxylic acids is 4. The Kier molecular flexibility index (Phi) is 14.4. The fourth-order valence-corrected chi connectivity index (χ4v) is 7.48. The van der Waals surface area contributed by atoms with Crippen molar-refractivity contribution in [3.8, 4) is 0 Å². The Morgan fingerprint density at radius 2 is 0.857 bits per heavy atom. The zero-order valence-electron chi connectivity index (χ0n) is 36.2. The Bertz CT molecular complexity index is 1550. The number of nitrogens with zero attached hydrogens (tertiary/aromatic N) is 2. The standard InChI is InChI=1S/C46H68N2O8/c1-43(2,3)53-39(49)37(35-21-23-47(29-35)41(51)55-45(7,8)9)27-33-17-13-15-31(25-33)19-20-32-16-14-18-34(26-32)28-38(40(50)54-44(4,5)6)36-22-24-48(30-36)42(52)56-46(10,11)12/h13-18,25-26,35-38H,19-24,27-30H2,1-12H3/t35-,36-,37-,38-/m0/s1. The van der Waals surface area contributed by atoms with Gasteiger partial charge in [0.1, 0.15) is 22.4 Å². The van der Waals surface area contributed by atoms with E-state index in [1.54, 1.807) is 9.80 Å². The number of carbonyl (C=O) groups is 4. The van der Waals surface area contributed by atoms with Gasteiger partial charge in [0.2, 0.25) is 0 Å². The van der Waals surface area contributed by atoms with Crippen LogP contribution < -0.4 is 0 Å². The van der Waals surface area contributed by atoms with Crippen LogP contribution >= 0.6 is 0 Å². The number of amides is 2. The van der Waals surface area contributed by atoms with Gasteiger partial charge in [-0.05, 0) is 156 Å². The predicted molar refractivity (Wildman–Crippen MR) is 218 cm³/mol. The summed E-state index contributed by atoms with van der Waals surface area (Å²) in [6.07, 6.45) is 3.34. The van der Waals surface area contributed by atoms with Crippen LogP contribution in [0.25, 0.3) is 0 Å². The van der Waals surface area contributed by atoms with Crippen LogP contribution in [0.15, 0.2) is 48.5 Å². The van der Waals surface area contributed by atoms with Gasteiger partial charge in [0.15, 0.2) is 0 Å². The second-order valence-corrected chi connectivity index (χ2v) is 19.8. The molecule has 2 aromatic carbocycles. The zero-order valence-corrected chi connectivity index (χ0v) is 36.2. The average molecular weight is 777 g/mol. The molecule has 310 valence electrons. The number of likely N-dealkylation sites (tertiary alicyclic amines) is 2. The third kappa shape index (κ3) is 14.5. The number of aryl methyl sites for hydroxylation is 2. The van der Waals surface area contributed by atoms with Crippen LogP contribution in [-0.4, -0.2) is 82.5 Å². The van der Waals surface area contributed by atoms with Crippen molar-refractivity contribution >= 4 is 24.1 Å². The van der Waals surface area contributed by atoms with Gasteiger partial charge in [0.05, 0.1) is 11.8 Å². The molecule has 0 aliphatic carbocycles. The molecule has 2 heterocycles. The monoisotopic (exact) mass is 776 g/mol. The SMILES string of the molecule is CC(C)(C)OC(=O)[C@@H](Cc1cccc(CCc2cccc(C[C@H](C(=O)OC(C)(C)C)[C@H]3CCN(C(=O)OC(C)(C)C)C3)c2)c1)[C@H]1CCN(C(=O)OC(C)(C)C)C1. The number of hydrogen-bond acceptors (Lipinski definition) is 8. The van der Waals surface area contributed by atoms with Crippen LogP contribution in [-0.2, 0) is 54.2 Å². The van der Waals surface area contributed by atoms with Crippen molar-refractivity contribution in [1.82, 2.24) is 9.80 Å². The maximum atomic E-state index is 13.6. The lowest BCUT2D eigenvalue weighted by Gasteiger charge is -2.28. The summed E-state index contributed by atoms with van der Waals surface area (Å²) in [5.41, 5.74) is 2.01. The molecule has 0 saturated carbocycles. The Balaban J connectivity index is 1.45. The highest BCUT2D eigenvalue weighted by atomic mass is 16.6. The summed E-state index contributed by atoms with van der Waals surface area (Å²) in [6.45, 7) is 24.4. The van der Waals surface area contributed by atoms with Crippen LogP contribution in [0.2, 0.25) is 0 Å². The van der Waals surface area contributed by atoms with Crippen molar-refractivity contribution in [2.24, 2.45) is 23.7 Å². The number of ether oxygens (including phenoxy) is 4. The first kappa shape index (κ1) is 44.6. The van der Waals surface area contributed by atoms with Crippen LogP contribution in [0, 0.1) is 23.7 Å². The maximum absolute atomic E-state index is 13.6. The third-order valence-electron chi connectivity index (χ3n) is 9.91. The van der Waals surface area contributed by atoms with E-state index in [-0.39, 0.29) is 36.0 Å². The topological polar surface area (TPSA) is 112 Å². The van der Waals surface area contributed by atoms with Crippen LogP contribution in [0.1, 0.15) is 118 Å². The second kappa shape index (κ2) is 18.0. The van der Waals surface area contributed by atoms with Crippen LogP contribution in [0.3, 0.4) is 0 Å². The quantitative estimate of drug-likeness (QED) is 0.164. The first-order valence-electron chi connectivity index (χ1n) is 20.4. The van der Waals surface area contributed by atoms with Crippen LogP contribution in [0.4, 0.5) is 9.59 Å². The van der Waals surface area contributed by atoms with Gasteiger partial charge in [-0.3, -0.25) is 9.59 Å². The summed E-state index contributed by atoms with van der Waals surface area (Å²) in [6, 6.07) is 16.8. The molecule has 4 atom stereocenters. The molecule has 2 aliphatic heterocycles. The van der Waals surface area contributed by atoms with Gasteiger partial charge in [-0.25, -0.2) is 9.59 Å². The molecule has 0 unspecified atom stereocenters. The molecule has 2 amide bonds. The number of benzene rings is 2. The van der Waals surface area contributed by atoms with E-state index in [9.17, 15) is 19.2 Å². The molecule has 2 saturated heterocycles. The number of rotatable bonds is 11. The minimum atomic E-state index is -0.625. The van der Waals surface area contributed by atoms with Crippen molar-refractivity contribution in [2.45, 2.75) is 144 Å². The van der Waals surface area contributed by atoms with Crippen molar-refractivity contribution in [2.75, 3.05) is 26.2 Å². The highest BCUT2D eigenvalue weighted by Gasteiger charge is 2.40. The molecule has 10 nitrogen and oxygen atoms in total. The fourth-order valence-electron chi connectivity index (χ4n) is 7.48. The summed E-state index contributed by atoms with van der Waals surface area (Å²) in [5, 5.41) is 0. The first-order valence-corrected chi connectivity index (χ1v) is 20.4. The van der Waals surface area contributed by atoms with Gasteiger partial charge in [-0.1, -0.05) is 48.5 Å². The van der Waals surface area contributed by atoms with Gasteiger partial charge in [-0.2, -0.15) is 0 Å². The van der Waals surface area contributed by atoms with E-state index in [1.807, 2.05) is 95.2 Å². The summed E-state index contributed by atoms with van der Waals surface area (Å²) in [4.78, 5) is 56.4. The first-order chi connectivity index (χ1) is 25.8. The van der Waals surface area contributed by atoms with Crippen molar-refractivity contribution in [3.63, 3.8) is 0 Å². The summed E-state index contributed by atoms with van der Waals surface area (Å²) >= 11 is 0. The van der Waals surface area contributed by atoms with Crippen molar-refractivity contribution < 1.29 is 38.1 Å². The third-order valence-corrected chi connectivity index (χ3v) is 9.91. The fraction of sp³-hybridized carbons (Fsp3) is 0.652. The minimum absolute atomic E-state index is 0.0436. The minimum Gasteiger partial charge on any atom is -0.460 e. The summed E-state index contributed by atoms with van der Waals surface area (Å²) < 4.78 is 23.1. The lowest BCUT2D eigenvalue weighted by molar-refractivity contribution is -0.163. The van der Waals surface area contributed by atoms with E-state index >= 15 is 0 Å². The molecular formula is C46H68N2O8. The molecular weight excluding hydrogens is 709 g/mol. The zero-order chi connectivity index (χ0) is 41.6. The van der Waals surface area contributed by atoms with E-state index in [0.29, 0.717) is 51.9 Å². The predicted octanol–water partition coefficient (Wildman–Crippen LogP) is 8.99. The maximum Gasteiger partial charge on any atom is 0.410 e. The van der Waals surface area contributed by atoms with Gasteiger partial charge in [0.25, 0.3) is 0 Å². The molecule has 0 spiro atoms. The second-order valence-electron chi connectivity index (χ2n) is 19.8. The highest BCUT2D eigenvalue weighted by molar-refractivity contribution is 5.75. The number of esters is 2. The molecule has 0 aromatic heterocycles.